The summed E-state index contributed by atoms with van der Waals surface area (Å²) in [5, 5.41) is 9.27. The molecule has 0 bridgehead atoms. The fraction of sp³-hybridized carbons (Fsp3) is 0.583. The lowest BCUT2D eigenvalue weighted by Crippen LogP contribution is -2.46. The van der Waals surface area contributed by atoms with Gasteiger partial charge >= 0.3 is 0 Å². The lowest BCUT2D eigenvalue weighted by atomic mass is 10.2. The van der Waals surface area contributed by atoms with Gasteiger partial charge in [-0.1, -0.05) is 13.8 Å². The molecular weight excluding hydrogens is 246 g/mol. The van der Waals surface area contributed by atoms with Crippen LogP contribution in [-0.4, -0.2) is 34.2 Å². The number of nitrogens with two attached hydrogens (primary N) is 1. The van der Waals surface area contributed by atoms with E-state index in [-0.39, 0.29) is 18.4 Å². The molecule has 4 N–H and O–H groups in total. The standard InChI is InChI=1S/C12H21N5O2/c1-8(2)4-14-12(19)9(3)16-11(18)7-17-6-10(13)5-15-17/h5-6,8-9H,4,7,13H2,1-3H3,(H,14,19)(H,16,18). The van der Waals surface area contributed by atoms with Crippen LogP contribution in [0.25, 0.3) is 0 Å². The van der Waals surface area contributed by atoms with E-state index in [0.29, 0.717) is 18.2 Å². The van der Waals surface area contributed by atoms with Crippen molar-refractivity contribution in [3.05, 3.63) is 12.4 Å². The van der Waals surface area contributed by atoms with Crippen molar-refractivity contribution in [1.29, 1.82) is 0 Å². The van der Waals surface area contributed by atoms with Crippen molar-refractivity contribution in [3.8, 4) is 0 Å². The van der Waals surface area contributed by atoms with E-state index in [2.05, 4.69) is 15.7 Å². The monoisotopic (exact) mass is 267 g/mol. The first-order valence-corrected chi connectivity index (χ1v) is 6.23. The van der Waals surface area contributed by atoms with E-state index in [4.69, 9.17) is 5.73 Å². The highest BCUT2D eigenvalue weighted by Crippen LogP contribution is 1.97. The Labute approximate surface area is 112 Å². The molecule has 19 heavy (non-hydrogen) atoms. The fourth-order valence-corrected chi connectivity index (χ4v) is 1.42. The first-order chi connectivity index (χ1) is 8.88. The molecule has 7 nitrogen and oxygen atoms in total. The molecule has 0 aliphatic rings. The molecule has 0 aromatic carbocycles. The normalized spacial score (nSPS) is 12.2. The van der Waals surface area contributed by atoms with Crippen molar-refractivity contribution >= 4 is 17.5 Å². The molecule has 0 saturated carbocycles. The lowest BCUT2D eigenvalue weighted by molar-refractivity contribution is -0.129. The minimum atomic E-state index is -0.570. The third-order valence-corrected chi connectivity index (χ3v) is 2.41. The molecule has 1 unspecified atom stereocenters. The molecule has 0 fully saturated rings. The molecule has 106 valence electrons. The van der Waals surface area contributed by atoms with Crippen molar-refractivity contribution in [1.82, 2.24) is 20.4 Å². The van der Waals surface area contributed by atoms with Crippen molar-refractivity contribution in [2.45, 2.75) is 33.4 Å². The van der Waals surface area contributed by atoms with Gasteiger partial charge in [-0.15, -0.1) is 0 Å². The van der Waals surface area contributed by atoms with Gasteiger partial charge in [0.2, 0.25) is 11.8 Å². The van der Waals surface area contributed by atoms with Crippen LogP contribution in [0.5, 0.6) is 0 Å². The maximum Gasteiger partial charge on any atom is 0.242 e. The van der Waals surface area contributed by atoms with Gasteiger partial charge in [0.05, 0.1) is 11.9 Å². The second-order valence-electron chi connectivity index (χ2n) is 4.90. The molecule has 0 spiro atoms. The van der Waals surface area contributed by atoms with Crippen LogP contribution in [0, 0.1) is 5.92 Å². The van der Waals surface area contributed by atoms with Crippen LogP contribution in [0.3, 0.4) is 0 Å². The highest BCUT2D eigenvalue weighted by Gasteiger charge is 2.15. The molecule has 1 aromatic rings. The van der Waals surface area contributed by atoms with Gasteiger partial charge in [0, 0.05) is 12.7 Å². The van der Waals surface area contributed by atoms with Crippen LogP contribution in [0.4, 0.5) is 5.69 Å². The van der Waals surface area contributed by atoms with Gasteiger partial charge in [-0.05, 0) is 12.8 Å². The summed E-state index contributed by atoms with van der Waals surface area (Å²) in [5.74, 6) is -0.101. The largest absolute Gasteiger partial charge is 0.396 e. The summed E-state index contributed by atoms with van der Waals surface area (Å²) in [5.41, 5.74) is 5.99. The number of nitrogen functional groups attached to an aromatic ring is 1. The third-order valence-electron chi connectivity index (χ3n) is 2.41. The van der Waals surface area contributed by atoms with Crippen LogP contribution < -0.4 is 16.4 Å². The quantitative estimate of drug-likeness (QED) is 0.661. The summed E-state index contributed by atoms with van der Waals surface area (Å²) in [4.78, 5) is 23.4. The van der Waals surface area contributed by atoms with Gasteiger partial charge in [-0.25, -0.2) is 0 Å². The molecule has 1 heterocycles. The average molecular weight is 267 g/mol. The fourth-order valence-electron chi connectivity index (χ4n) is 1.42. The molecule has 1 atom stereocenters. The molecule has 0 saturated heterocycles. The van der Waals surface area contributed by atoms with Gasteiger partial charge in [0.25, 0.3) is 0 Å². The van der Waals surface area contributed by atoms with Gasteiger partial charge in [-0.2, -0.15) is 5.10 Å². The van der Waals surface area contributed by atoms with Crippen LogP contribution in [-0.2, 0) is 16.1 Å². The molecule has 1 aromatic heterocycles. The zero-order valence-electron chi connectivity index (χ0n) is 11.5. The number of aromatic nitrogens is 2. The zero-order valence-corrected chi connectivity index (χ0v) is 11.5. The molecule has 0 radical (unpaired) electrons. The highest BCUT2D eigenvalue weighted by atomic mass is 16.2. The molecule has 7 heteroatoms. The van der Waals surface area contributed by atoms with Gasteiger partial charge in [0.1, 0.15) is 12.6 Å². The predicted octanol–water partition coefficient (Wildman–Crippen LogP) is -0.258. The number of nitrogens with one attached hydrogen (secondary N) is 2. The summed E-state index contributed by atoms with van der Waals surface area (Å²) >= 11 is 0. The Morgan fingerprint density at radius 1 is 1.42 bits per heavy atom. The number of carbonyl (C=O) groups is 2. The van der Waals surface area contributed by atoms with Crippen LogP contribution in [0.2, 0.25) is 0 Å². The first kappa shape index (κ1) is 15.0. The number of nitrogens with zero attached hydrogens (tertiary/aromatic N) is 2. The Kier molecular flexibility index (Phi) is 5.35. The van der Waals surface area contributed by atoms with Gasteiger partial charge in [-0.3, -0.25) is 14.3 Å². The Morgan fingerprint density at radius 2 is 2.11 bits per heavy atom. The molecule has 2 amide bonds. The third kappa shape index (κ3) is 5.41. The van der Waals surface area contributed by atoms with Gasteiger partial charge < -0.3 is 16.4 Å². The van der Waals surface area contributed by atoms with E-state index in [1.54, 1.807) is 13.1 Å². The van der Waals surface area contributed by atoms with E-state index in [0.717, 1.165) is 0 Å². The van der Waals surface area contributed by atoms with E-state index in [1.807, 2.05) is 13.8 Å². The number of hydrogen-bond acceptors (Lipinski definition) is 4. The Morgan fingerprint density at radius 3 is 2.63 bits per heavy atom. The summed E-state index contributed by atoms with van der Waals surface area (Å²) in [6.07, 6.45) is 3.02. The second kappa shape index (κ2) is 6.77. The molecule has 1 rings (SSSR count). The van der Waals surface area contributed by atoms with Crippen molar-refractivity contribution < 1.29 is 9.59 Å². The van der Waals surface area contributed by atoms with Crippen molar-refractivity contribution in [2.24, 2.45) is 5.92 Å². The van der Waals surface area contributed by atoms with E-state index in [9.17, 15) is 9.59 Å². The number of hydrogen-bond donors (Lipinski definition) is 3. The smallest absolute Gasteiger partial charge is 0.242 e. The predicted molar refractivity (Wildman–Crippen MR) is 72.1 cm³/mol. The summed E-state index contributed by atoms with van der Waals surface area (Å²) in [6.45, 7) is 6.29. The SMILES string of the molecule is CC(C)CNC(=O)C(C)NC(=O)Cn1cc(N)cn1. The maximum absolute atomic E-state index is 11.7. The summed E-state index contributed by atoms with van der Waals surface area (Å²) in [7, 11) is 0. The number of anilines is 1. The lowest BCUT2D eigenvalue weighted by Gasteiger charge is -2.15. The van der Waals surface area contributed by atoms with E-state index < -0.39 is 6.04 Å². The van der Waals surface area contributed by atoms with Gasteiger partial charge in [0.15, 0.2) is 0 Å². The van der Waals surface area contributed by atoms with Crippen LogP contribution in [0.1, 0.15) is 20.8 Å². The second-order valence-corrected chi connectivity index (χ2v) is 4.90. The van der Waals surface area contributed by atoms with Crippen molar-refractivity contribution in [2.75, 3.05) is 12.3 Å². The number of amides is 2. The van der Waals surface area contributed by atoms with E-state index >= 15 is 0 Å². The molecular formula is C12H21N5O2. The Balaban J connectivity index is 2.37. The molecule has 0 aliphatic carbocycles. The van der Waals surface area contributed by atoms with E-state index in [1.165, 1.54) is 10.9 Å². The van der Waals surface area contributed by atoms with Crippen molar-refractivity contribution in [3.63, 3.8) is 0 Å². The zero-order chi connectivity index (χ0) is 14.4. The van der Waals surface area contributed by atoms with Crippen LogP contribution in [0.15, 0.2) is 12.4 Å². The molecule has 0 aliphatic heterocycles. The minimum absolute atomic E-state index is 0.0407. The Hall–Kier alpha value is -2.05. The average Bonchev–Trinajstić information content (AvgIpc) is 2.71. The topological polar surface area (TPSA) is 102 Å². The van der Waals surface area contributed by atoms with Crippen LogP contribution >= 0.6 is 0 Å². The Bertz CT molecular complexity index is 441. The maximum atomic E-state index is 11.7. The summed E-state index contributed by atoms with van der Waals surface area (Å²) < 4.78 is 1.42. The summed E-state index contributed by atoms with van der Waals surface area (Å²) in [6, 6.07) is -0.570. The minimum Gasteiger partial charge on any atom is -0.396 e. The number of rotatable bonds is 6. The first-order valence-electron chi connectivity index (χ1n) is 6.23. The highest BCUT2D eigenvalue weighted by molar-refractivity contribution is 5.87. The number of carbonyl (C=O) groups excluding carboxylic acids is 2.